The molecule has 10 nitrogen and oxygen atoms in total. The molecule has 2 aliphatic heterocycles. The van der Waals surface area contributed by atoms with Gasteiger partial charge >= 0.3 is 5.76 Å². The van der Waals surface area contributed by atoms with Crippen LogP contribution in [0.15, 0.2) is 63.9 Å². The Bertz CT molecular complexity index is 2390. The molecular formula is C37H30ClFN6O4S. The second-order valence-corrected chi connectivity index (χ2v) is 14.4. The third kappa shape index (κ3) is 5.08. The van der Waals surface area contributed by atoms with Crippen molar-refractivity contribution in [1.82, 2.24) is 25.1 Å². The molecule has 0 spiro atoms. The lowest BCUT2D eigenvalue weighted by molar-refractivity contribution is 0.0776. The van der Waals surface area contributed by atoms with E-state index in [4.69, 9.17) is 30.7 Å². The topological polar surface area (TPSA) is 126 Å². The van der Waals surface area contributed by atoms with Crippen LogP contribution in [0.3, 0.4) is 0 Å². The molecular weight excluding hydrogens is 679 g/mol. The van der Waals surface area contributed by atoms with E-state index in [-0.39, 0.29) is 29.7 Å². The molecule has 1 aliphatic carbocycles. The van der Waals surface area contributed by atoms with Crippen LogP contribution in [0.5, 0.6) is 5.75 Å². The Hall–Kier alpha value is -5.07. The van der Waals surface area contributed by atoms with Gasteiger partial charge in [-0.05, 0) is 97.0 Å². The first-order chi connectivity index (χ1) is 24.4. The maximum absolute atomic E-state index is 14.2. The summed E-state index contributed by atoms with van der Waals surface area (Å²) in [6, 6.07) is 14.1. The molecule has 13 heteroatoms. The van der Waals surface area contributed by atoms with Crippen LogP contribution >= 0.6 is 22.9 Å². The summed E-state index contributed by atoms with van der Waals surface area (Å²) in [6.07, 6.45) is 6.20. The predicted octanol–water partition coefficient (Wildman–Crippen LogP) is 7.68. The van der Waals surface area contributed by atoms with Crippen molar-refractivity contribution in [1.29, 1.82) is 0 Å². The Labute approximate surface area is 294 Å². The van der Waals surface area contributed by atoms with E-state index in [1.165, 1.54) is 23.5 Å². The summed E-state index contributed by atoms with van der Waals surface area (Å²) in [4.78, 5) is 39.1. The van der Waals surface area contributed by atoms with Crippen molar-refractivity contribution >= 4 is 44.7 Å². The lowest BCUT2D eigenvalue weighted by Crippen LogP contribution is -2.22. The van der Waals surface area contributed by atoms with Gasteiger partial charge < -0.3 is 19.4 Å². The first-order valence-electron chi connectivity index (χ1n) is 16.6. The van der Waals surface area contributed by atoms with Gasteiger partial charge in [-0.3, -0.25) is 9.78 Å². The number of aromatic amines is 1. The van der Waals surface area contributed by atoms with Gasteiger partial charge in [0.2, 0.25) is 0 Å². The highest BCUT2D eigenvalue weighted by Gasteiger charge is 2.45. The van der Waals surface area contributed by atoms with Crippen LogP contribution in [-0.2, 0) is 19.3 Å². The van der Waals surface area contributed by atoms with Crippen LogP contribution in [0.25, 0.3) is 32.0 Å². The number of nitrogens with one attached hydrogen (secondary N) is 2. The Kier molecular flexibility index (Phi) is 7.47. The van der Waals surface area contributed by atoms with Crippen LogP contribution in [0, 0.1) is 5.82 Å². The van der Waals surface area contributed by atoms with Crippen molar-refractivity contribution in [2.75, 3.05) is 19.0 Å². The quantitative estimate of drug-likeness (QED) is 0.165. The van der Waals surface area contributed by atoms with Gasteiger partial charge in [0.1, 0.15) is 17.4 Å². The molecule has 50 heavy (non-hydrogen) atoms. The van der Waals surface area contributed by atoms with E-state index in [9.17, 15) is 14.0 Å². The number of anilines is 1. The molecule has 1 saturated heterocycles. The minimum absolute atomic E-state index is 0.0212. The maximum atomic E-state index is 14.2. The SMILES string of the molecule is COc1cc(Cl)cc2c1CCC2Nc1nccc2cc(-c3c4c(nc(CCc5ccc(F)cc5)c3-c3n[nH]c(=O)o3)C3CCCN3C4=O)sc12. The third-order valence-corrected chi connectivity index (χ3v) is 11.4. The highest BCUT2D eigenvalue weighted by atomic mass is 35.5. The number of pyridine rings is 2. The van der Waals surface area contributed by atoms with Crippen molar-refractivity contribution in [2.24, 2.45) is 0 Å². The molecule has 9 rings (SSSR count). The van der Waals surface area contributed by atoms with E-state index in [1.807, 2.05) is 23.1 Å². The third-order valence-electron chi connectivity index (χ3n) is 10.0. The summed E-state index contributed by atoms with van der Waals surface area (Å²) in [5.74, 6) is 0.472. The Morgan fingerprint density at radius 1 is 1.10 bits per heavy atom. The number of ether oxygens (including phenoxy) is 1. The molecule has 2 aromatic carbocycles. The first kappa shape index (κ1) is 30.9. The van der Waals surface area contributed by atoms with E-state index in [2.05, 4.69) is 21.6 Å². The monoisotopic (exact) mass is 708 g/mol. The molecule has 1 amide bonds. The molecule has 6 heterocycles. The molecule has 0 bridgehead atoms. The molecule has 2 atom stereocenters. The molecule has 2 unspecified atom stereocenters. The smallest absolute Gasteiger partial charge is 0.434 e. The molecule has 4 aromatic heterocycles. The summed E-state index contributed by atoms with van der Waals surface area (Å²) in [6.45, 7) is 0.652. The summed E-state index contributed by atoms with van der Waals surface area (Å²) < 4.78 is 25.9. The van der Waals surface area contributed by atoms with Crippen LogP contribution in [0.4, 0.5) is 10.2 Å². The predicted molar refractivity (Wildman–Crippen MR) is 188 cm³/mol. The van der Waals surface area contributed by atoms with Gasteiger partial charge in [0.25, 0.3) is 11.8 Å². The maximum Gasteiger partial charge on any atom is 0.434 e. The zero-order valence-corrected chi connectivity index (χ0v) is 28.5. The number of fused-ring (bicyclic) bond motifs is 5. The standard InChI is InChI=1S/C37H30ClFN6O4S/c1-48-27-17-20(38)16-23-22(27)9-11-24(23)42-34-33-19(12-13-40-34)15-28(50-33)30-29(35-43-44-37(47)49-35)25(10-6-18-4-7-21(39)8-5-18)41-32-26-3-2-14-45(26)36(46)31(30)32/h4-5,7-8,12-13,15-17,24,26H,2-3,6,9-11,14H2,1H3,(H,40,42)(H,44,47). The number of aryl methyl sites for hydroxylation is 2. The fourth-order valence-electron chi connectivity index (χ4n) is 7.80. The number of halogens is 2. The zero-order chi connectivity index (χ0) is 34.1. The van der Waals surface area contributed by atoms with E-state index >= 15 is 0 Å². The highest BCUT2D eigenvalue weighted by molar-refractivity contribution is 7.23. The second kappa shape index (κ2) is 12.1. The highest BCUT2D eigenvalue weighted by Crippen LogP contribution is 2.50. The van der Waals surface area contributed by atoms with Crippen LogP contribution in [0.1, 0.15) is 69.8 Å². The molecule has 1 fully saturated rings. The average Bonchev–Trinajstić information content (AvgIpc) is 3.95. The van der Waals surface area contributed by atoms with Gasteiger partial charge in [0.15, 0.2) is 0 Å². The van der Waals surface area contributed by atoms with Crippen LogP contribution < -0.4 is 15.8 Å². The molecule has 252 valence electrons. The van der Waals surface area contributed by atoms with E-state index in [1.54, 1.807) is 25.4 Å². The Balaban J connectivity index is 1.20. The summed E-state index contributed by atoms with van der Waals surface area (Å²) >= 11 is 7.99. The van der Waals surface area contributed by atoms with Gasteiger partial charge in [0, 0.05) is 28.2 Å². The number of benzene rings is 2. The van der Waals surface area contributed by atoms with Crippen molar-refractivity contribution in [3.8, 4) is 27.6 Å². The molecule has 6 aromatic rings. The molecule has 0 saturated carbocycles. The average molecular weight is 709 g/mol. The fourth-order valence-corrected chi connectivity index (χ4v) is 9.18. The van der Waals surface area contributed by atoms with Crippen molar-refractivity contribution in [2.45, 2.75) is 50.6 Å². The van der Waals surface area contributed by atoms with Crippen molar-refractivity contribution < 1.29 is 18.3 Å². The number of hydrogen-bond donors (Lipinski definition) is 2. The van der Waals surface area contributed by atoms with Crippen molar-refractivity contribution in [3.63, 3.8) is 0 Å². The van der Waals surface area contributed by atoms with Gasteiger partial charge in [-0.25, -0.2) is 19.3 Å². The number of aromatic nitrogens is 4. The number of carbonyl (C=O) groups is 1. The number of nitrogens with zero attached hydrogens (tertiary/aromatic N) is 4. The molecule has 0 radical (unpaired) electrons. The molecule has 3 aliphatic rings. The zero-order valence-electron chi connectivity index (χ0n) is 26.9. The number of H-pyrrole nitrogens is 1. The van der Waals surface area contributed by atoms with E-state index < -0.39 is 5.76 Å². The van der Waals surface area contributed by atoms with Crippen LogP contribution in [-0.4, -0.2) is 44.6 Å². The number of carbonyl (C=O) groups excluding carboxylic acids is 1. The lowest BCUT2D eigenvalue weighted by Gasteiger charge is -2.17. The van der Waals surface area contributed by atoms with E-state index in [0.29, 0.717) is 46.8 Å². The normalized spacial score (nSPS) is 17.7. The number of amides is 1. The summed E-state index contributed by atoms with van der Waals surface area (Å²) in [7, 11) is 1.66. The van der Waals surface area contributed by atoms with Crippen LogP contribution in [0.2, 0.25) is 5.02 Å². The van der Waals surface area contributed by atoms with E-state index in [0.717, 1.165) is 74.6 Å². The van der Waals surface area contributed by atoms with Gasteiger partial charge in [-0.2, -0.15) is 0 Å². The summed E-state index contributed by atoms with van der Waals surface area (Å²) in [5.41, 5.74) is 6.21. The summed E-state index contributed by atoms with van der Waals surface area (Å²) in [5, 5.41) is 11.9. The Morgan fingerprint density at radius 3 is 2.76 bits per heavy atom. The minimum atomic E-state index is -0.705. The fraction of sp³-hybridized carbons (Fsp3) is 0.270. The number of methoxy groups -OCH3 is 1. The Morgan fingerprint density at radius 2 is 1.96 bits per heavy atom. The minimum Gasteiger partial charge on any atom is -0.496 e. The number of rotatable bonds is 8. The van der Waals surface area contributed by atoms with Gasteiger partial charge in [-0.1, -0.05) is 23.7 Å². The number of thiophene rings is 1. The first-order valence-corrected chi connectivity index (χ1v) is 17.8. The second-order valence-electron chi connectivity index (χ2n) is 12.9. The van der Waals surface area contributed by atoms with Crippen molar-refractivity contribution in [3.05, 3.63) is 110 Å². The van der Waals surface area contributed by atoms with Gasteiger partial charge in [0.05, 0.1) is 46.4 Å². The largest absolute Gasteiger partial charge is 0.496 e. The van der Waals surface area contributed by atoms with Gasteiger partial charge in [-0.15, -0.1) is 16.4 Å². The molecule has 2 N–H and O–H groups in total. The lowest BCUT2D eigenvalue weighted by atomic mass is 9.93. The number of hydrogen-bond acceptors (Lipinski definition) is 9.